The average Bonchev–Trinajstić information content (AvgIpc) is 3.14. The van der Waals surface area contributed by atoms with Gasteiger partial charge in [-0.25, -0.2) is 4.98 Å². The van der Waals surface area contributed by atoms with E-state index in [0.29, 0.717) is 11.8 Å². The minimum absolute atomic E-state index is 0.0369. The van der Waals surface area contributed by atoms with E-state index in [1.54, 1.807) is 0 Å². The maximum Gasteiger partial charge on any atom is 0.228 e. The zero-order valence-electron chi connectivity index (χ0n) is 16.3. The molecule has 0 N–H and O–H groups in total. The van der Waals surface area contributed by atoms with E-state index in [0.717, 1.165) is 67.4 Å². The molecule has 5 aliphatic rings. The highest BCUT2D eigenvalue weighted by Crippen LogP contribution is 2.60. The summed E-state index contributed by atoms with van der Waals surface area (Å²) in [7, 11) is 0. The quantitative estimate of drug-likeness (QED) is 0.796. The van der Waals surface area contributed by atoms with Crippen molar-refractivity contribution >= 4 is 16.8 Å². The number of hydrogen-bond donors (Lipinski definition) is 0. The Balaban J connectivity index is 1.15. The summed E-state index contributed by atoms with van der Waals surface area (Å²) in [6.07, 6.45) is 8.55. The molecular formula is C24H28N2O2. The Morgan fingerprint density at radius 2 is 1.71 bits per heavy atom. The van der Waals surface area contributed by atoms with Crippen molar-refractivity contribution in [1.82, 2.24) is 9.88 Å². The van der Waals surface area contributed by atoms with Crippen molar-refractivity contribution in [3.05, 3.63) is 36.4 Å². The minimum Gasteiger partial charge on any atom is -0.472 e. The van der Waals surface area contributed by atoms with Gasteiger partial charge in [-0.15, -0.1) is 0 Å². The first kappa shape index (κ1) is 16.8. The third-order valence-corrected chi connectivity index (χ3v) is 7.78. The van der Waals surface area contributed by atoms with Crippen molar-refractivity contribution in [3.63, 3.8) is 0 Å². The molecule has 146 valence electrons. The molecule has 1 aromatic carbocycles. The second kappa shape index (κ2) is 6.20. The number of carbonyl (C=O) groups excluding carboxylic acids is 1. The van der Waals surface area contributed by atoms with Crippen LogP contribution in [0.5, 0.6) is 5.88 Å². The van der Waals surface area contributed by atoms with Gasteiger partial charge in [0.1, 0.15) is 6.10 Å². The molecule has 1 aromatic heterocycles. The summed E-state index contributed by atoms with van der Waals surface area (Å²) in [6, 6.07) is 12.1. The Kier molecular flexibility index (Phi) is 3.72. The Labute approximate surface area is 166 Å². The summed E-state index contributed by atoms with van der Waals surface area (Å²) in [5.41, 5.74) is 0.921. The van der Waals surface area contributed by atoms with E-state index >= 15 is 0 Å². The van der Waals surface area contributed by atoms with Crippen LogP contribution in [-0.4, -0.2) is 35.0 Å². The highest BCUT2D eigenvalue weighted by atomic mass is 16.5. The van der Waals surface area contributed by atoms with Gasteiger partial charge in [0.15, 0.2) is 0 Å². The fraction of sp³-hybridized carbons (Fsp3) is 0.583. The Morgan fingerprint density at radius 1 is 1.00 bits per heavy atom. The molecule has 1 unspecified atom stereocenters. The molecule has 0 radical (unpaired) electrons. The lowest BCUT2D eigenvalue weighted by Gasteiger charge is -2.56. The second-order valence-corrected chi connectivity index (χ2v) is 9.82. The molecule has 4 aliphatic carbocycles. The number of rotatable bonds is 3. The van der Waals surface area contributed by atoms with Gasteiger partial charge in [0.25, 0.3) is 0 Å². The molecule has 2 aromatic rings. The number of pyridine rings is 1. The standard InChI is InChI=1S/C24H28N2O2/c27-23(24-12-16-9-17(13-24)11-18(10-16)14-24)26-8-7-20(15-26)28-22-6-5-19-3-1-2-4-21(19)25-22/h1-6,16-18,20H,7-15H2. The summed E-state index contributed by atoms with van der Waals surface area (Å²) in [5.74, 6) is 3.54. The Morgan fingerprint density at radius 3 is 2.46 bits per heavy atom. The molecule has 1 atom stereocenters. The third kappa shape index (κ3) is 2.72. The molecule has 7 rings (SSSR count). The number of benzene rings is 1. The van der Waals surface area contributed by atoms with Crippen molar-refractivity contribution in [2.24, 2.45) is 23.2 Å². The number of likely N-dealkylation sites (tertiary alicyclic amines) is 1. The van der Waals surface area contributed by atoms with E-state index in [1.165, 1.54) is 19.3 Å². The first-order valence-corrected chi connectivity index (χ1v) is 11.0. The van der Waals surface area contributed by atoms with Gasteiger partial charge < -0.3 is 9.64 Å². The topological polar surface area (TPSA) is 42.4 Å². The molecule has 28 heavy (non-hydrogen) atoms. The van der Waals surface area contributed by atoms with E-state index in [2.05, 4.69) is 22.0 Å². The first-order chi connectivity index (χ1) is 13.7. The molecule has 4 heteroatoms. The summed E-state index contributed by atoms with van der Waals surface area (Å²) >= 11 is 0. The third-order valence-electron chi connectivity index (χ3n) is 7.78. The largest absolute Gasteiger partial charge is 0.472 e. The van der Waals surface area contributed by atoms with Crippen molar-refractivity contribution in [3.8, 4) is 5.88 Å². The number of carbonyl (C=O) groups is 1. The summed E-state index contributed by atoms with van der Waals surface area (Å²) in [4.78, 5) is 20.3. The zero-order valence-corrected chi connectivity index (χ0v) is 16.3. The molecule has 1 saturated heterocycles. The van der Waals surface area contributed by atoms with Gasteiger partial charge in [0.05, 0.1) is 17.5 Å². The lowest BCUT2D eigenvalue weighted by atomic mass is 9.49. The molecule has 1 aliphatic heterocycles. The maximum atomic E-state index is 13.5. The van der Waals surface area contributed by atoms with Crippen LogP contribution >= 0.6 is 0 Å². The molecule has 4 bridgehead atoms. The highest BCUT2D eigenvalue weighted by molar-refractivity contribution is 5.83. The van der Waals surface area contributed by atoms with Crippen LogP contribution in [-0.2, 0) is 4.79 Å². The van der Waals surface area contributed by atoms with Crippen LogP contribution in [0.3, 0.4) is 0 Å². The molecule has 4 saturated carbocycles. The van der Waals surface area contributed by atoms with Crippen LogP contribution in [0.15, 0.2) is 36.4 Å². The molecule has 4 nitrogen and oxygen atoms in total. The van der Waals surface area contributed by atoms with Gasteiger partial charge in [0.2, 0.25) is 11.8 Å². The van der Waals surface area contributed by atoms with E-state index < -0.39 is 0 Å². The van der Waals surface area contributed by atoms with E-state index in [-0.39, 0.29) is 11.5 Å². The van der Waals surface area contributed by atoms with Crippen LogP contribution in [0.1, 0.15) is 44.9 Å². The van der Waals surface area contributed by atoms with Crippen LogP contribution in [0.4, 0.5) is 0 Å². The SMILES string of the molecule is O=C(N1CCC(Oc2ccc3ccccc3n2)C1)C12CC3CC(CC(C3)C1)C2. The number of amides is 1. The molecular weight excluding hydrogens is 348 g/mol. The van der Waals surface area contributed by atoms with Gasteiger partial charge in [-0.2, -0.15) is 0 Å². The lowest BCUT2D eigenvalue weighted by Crippen LogP contribution is -2.54. The second-order valence-electron chi connectivity index (χ2n) is 9.82. The maximum absolute atomic E-state index is 13.5. The zero-order chi connectivity index (χ0) is 18.7. The van der Waals surface area contributed by atoms with Crippen molar-refractivity contribution in [2.45, 2.75) is 51.0 Å². The minimum atomic E-state index is -0.0369. The molecule has 2 heterocycles. The van der Waals surface area contributed by atoms with E-state index in [1.807, 2.05) is 24.3 Å². The number of ether oxygens (including phenoxy) is 1. The number of hydrogen-bond acceptors (Lipinski definition) is 3. The van der Waals surface area contributed by atoms with E-state index in [4.69, 9.17) is 4.74 Å². The first-order valence-electron chi connectivity index (χ1n) is 11.0. The van der Waals surface area contributed by atoms with Crippen molar-refractivity contribution in [2.75, 3.05) is 13.1 Å². The smallest absolute Gasteiger partial charge is 0.228 e. The highest BCUT2D eigenvalue weighted by Gasteiger charge is 2.56. The molecule has 5 fully saturated rings. The summed E-state index contributed by atoms with van der Waals surface area (Å²) < 4.78 is 6.18. The predicted octanol–water partition coefficient (Wildman–Crippen LogP) is 4.43. The van der Waals surface area contributed by atoms with Gasteiger partial charge in [0, 0.05) is 24.4 Å². The molecule has 1 amide bonds. The van der Waals surface area contributed by atoms with Crippen molar-refractivity contribution < 1.29 is 9.53 Å². The monoisotopic (exact) mass is 376 g/mol. The van der Waals surface area contributed by atoms with Crippen LogP contribution in [0, 0.1) is 23.2 Å². The number of aromatic nitrogens is 1. The fourth-order valence-electron chi connectivity index (χ4n) is 7.00. The number of nitrogens with zero attached hydrogens (tertiary/aromatic N) is 2. The number of fused-ring (bicyclic) bond motifs is 1. The van der Waals surface area contributed by atoms with Gasteiger partial charge >= 0.3 is 0 Å². The van der Waals surface area contributed by atoms with Gasteiger partial charge in [-0.05, 0) is 68.4 Å². The van der Waals surface area contributed by atoms with Crippen molar-refractivity contribution in [1.29, 1.82) is 0 Å². The number of para-hydroxylation sites is 1. The molecule has 0 spiro atoms. The van der Waals surface area contributed by atoms with Crippen LogP contribution < -0.4 is 4.74 Å². The fourth-order valence-corrected chi connectivity index (χ4v) is 7.00. The average molecular weight is 377 g/mol. The van der Waals surface area contributed by atoms with Gasteiger partial charge in [-0.1, -0.05) is 18.2 Å². The predicted molar refractivity (Wildman–Crippen MR) is 108 cm³/mol. The van der Waals surface area contributed by atoms with Crippen LogP contribution in [0.25, 0.3) is 10.9 Å². The van der Waals surface area contributed by atoms with E-state index in [9.17, 15) is 4.79 Å². The van der Waals surface area contributed by atoms with Gasteiger partial charge in [-0.3, -0.25) is 4.79 Å². The Bertz CT molecular complexity index is 888. The summed E-state index contributed by atoms with van der Waals surface area (Å²) in [5, 5.41) is 1.12. The van der Waals surface area contributed by atoms with Crippen LogP contribution in [0.2, 0.25) is 0 Å². The summed E-state index contributed by atoms with van der Waals surface area (Å²) in [6.45, 7) is 1.55. The lowest BCUT2D eigenvalue weighted by molar-refractivity contribution is -0.156. The Hall–Kier alpha value is -2.10. The normalized spacial score (nSPS) is 36.2.